The normalized spacial score (nSPS) is 10.8. The second-order valence-electron chi connectivity index (χ2n) is 5.54. The predicted molar refractivity (Wildman–Crippen MR) is 88.8 cm³/mol. The number of nitrogens with zero attached hydrogens (tertiary/aromatic N) is 2. The van der Waals surface area contributed by atoms with E-state index in [9.17, 15) is 5.11 Å². The lowest BCUT2D eigenvalue weighted by atomic mass is 10.1. The van der Waals surface area contributed by atoms with Gasteiger partial charge in [0.25, 0.3) is 0 Å². The first-order valence-electron chi connectivity index (χ1n) is 7.59. The lowest BCUT2D eigenvalue weighted by Crippen LogP contribution is -2.01. The van der Waals surface area contributed by atoms with E-state index in [1.54, 1.807) is 12.1 Å². The molecule has 0 aliphatic rings. The number of rotatable bonds is 5. The topological polar surface area (TPSA) is 38.0 Å². The molecule has 3 rings (SSSR count). The van der Waals surface area contributed by atoms with Crippen LogP contribution in [0.2, 0.25) is 0 Å². The van der Waals surface area contributed by atoms with Gasteiger partial charge in [0.2, 0.25) is 0 Å². The molecule has 0 amide bonds. The van der Waals surface area contributed by atoms with Crippen LogP contribution in [0.25, 0.3) is 11.4 Å². The van der Waals surface area contributed by atoms with Crippen molar-refractivity contribution in [1.82, 2.24) is 9.55 Å². The second-order valence-corrected chi connectivity index (χ2v) is 5.54. The van der Waals surface area contributed by atoms with Crippen molar-refractivity contribution in [3.05, 3.63) is 72.1 Å². The molecule has 0 aliphatic heterocycles. The minimum Gasteiger partial charge on any atom is -0.508 e. The van der Waals surface area contributed by atoms with Gasteiger partial charge in [-0.2, -0.15) is 0 Å². The van der Waals surface area contributed by atoms with Crippen molar-refractivity contribution >= 4 is 0 Å². The highest BCUT2D eigenvalue weighted by molar-refractivity contribution is 5.58. The van der Waals surface area contributed by atoms with Crippen LogP contribution in [0, 0.1) is 6.92 Å². The lowest BCUT2D eigenvalue weighted by Gasteiger charge is -2.08. The van der Waals surface area contributed by atoms with Crippen molar-refractivity contribution in [2.45, 2.75) is 26.3 Å². The van der Waals surface area contributed by atoms with E-state index in [4.69, 9.17) is 0 Å². The summed E-state index contributed by atoms with van der Waals surface area (Å²) < 4.78 is 2.17. The van der Waals surface area contributed by atoms with Gasteiger partial charge >= 0.3 is 0 Å². The van der Waals surface area contributed by atoms with Crippen LogP contribution in [-0.2, 0) is 13.0 Å². The van der Waals surface area contributed by atoms with E-state index in [0.717, 1.165) is 36.5 Å². The Hall–Kier alpha value is -2.55. The van der Waals surface area contributed by atoms with Crippen LogP contribution >= 0.6 is 0 Å². The van der Waals surface area contributed by atoms with Gasteiger partial charge in [0, 0.05) is 18.3 Å². The number of aromatic nitrogens is 2. The van der Waals surface area contributed by atoms with Gasteiger partial charge in [0.15, 0.2) is 0 Å². The largest absolute Gasteiger partial charge is 0.508 e. The summed E-state index contributed by atoms with van der Waals surface area (Å²) in [4.78, 5) is 4.60. The molecule has 3 aromatic rings. The van der Waals surface area contributed by atoms with Gasteiger partial charge in [-0.15, -0.1) is 0 Å². The number of imidazole rings is 1. The summed E-state index contributed by atoms with van der Waals surface area (Å²) in [6.07, 6.45) is 4.19. The maximum absolute atomic E-state index is 9.66. The maximum Gasteiger partial charge on any atom is 0.140 e. The first kappa shape index (κ1) is 14.4. The number of aryl methyl sites for hydroxylation is 3. The fourth-order valence-electron chi connectivity index (χ4n) is 2.69. The second kappa shape index (κ2) is 6.48. The minimum absolute atomic E-state index is 0.272. The zero-order chi connectivity index (χ0) is 15.4. The van der Waals surface area contributed by atoms with Crippen molar-refractivity contribution < 1.29 is 5.11 Å². The highest BCUT2D eigenvalue weighted by Crippen LogP contribution is 2.23. The van der Waals surface area contributed by atoms with Gasteiger partial charge < -0.3 is 9.67 Å². The first-order valence-corrected chi connectivity index (χ1v) is 7.59. The highest BCUT2D eigenvalue weighted by atomic mass is 16.3. The van der Waals surface area contributed by atoms with Gasteiger partial charge in [-0.25, -0.2) is 4.98 Å². The van der Waals surface area contributed by atoms with E-state index in [0.29, 0.717) is 0 Å². The quantitative estimate of drug-likeness (QED) is 0.765. The number of hydrogen-bond donors (Lipinski definition) is 1. The Morgan fingerprint density at radius 1 is 1.05 bits per heavy atom. The number of phenols is 1. The van der Waals surface area contributed by atoms with E-state index in [-0.39, 0.29) is 5.75 Å². The van der Waals surface area contributed by atoms with E-state index in [1.807, 2.05) is 25.1 Å². The Morgan fingerprint density at radius 3 is 2.64 bits per heavy atom. The third kappa shape index (κ3) is 3.37. The maximum atomic E-state index is 9.66. The van der Waals surface area contributed by atoms with Gasteiger partial charge in [-0.05, 0) is 37.5 Å². The van der Waals surface area contributed by atoms with Crippen LogP contribution < -0.4 is 0 Å². The molecule has 1 aromatic heterocycles. The molecule has 1 heterocycles. The fraction of sp³-hybridized carbons (Fsp3) is 0.211. The summed E-state index contributed by atoms with van der Waals surface area (Å²) in [5.41, 5.74) is 3.31. The van der Waals surface area contributed by atoms with Crippen LogP contribution in [0.4, 0.5) is 0 Å². The number of phenolic OH excluding ortho intramolecular Hbond substituents is 1. The van der Waals surface area contributed by atoms with Crippen molar-refractivity contribution in [1.29, 1.82) is 0 Å². The van der Waals surface area contributed by atoms with Gasteiger partial charge in [0.1, 0.15) is 11.6 Å². The zero-order valence-electron chi connectivity index (χ0n) is 12.7. The molecule has 0 aliphatic carbocycles. The van der Waals surface area contributed by atoms with Crippen LogP contribution in [0.1, 0.15) is 17.7 Å². The SMILES string of the molecule is Cc1cn(CCCc2ccccc2)c(-c2cccc(O)c2)n1. The Labute approximate surface area is 130 Å². The minimum atomic E-state index is 0.272. The summed E-state index contributed by atoms with van der Waals surface area (Å²) in [6.45, 7) is 2.92. The van der Waals surface area contributed by atoms with E-state index < -0.39 is 0 Å². The van der Waals surface area contributed by atoms with Crippen LogP contribution in [0.3, 0.4) is 0 Å². The molecule has 112 valence electrons. The summed E-state index contributed by atoms with van der Waals surface area (Å²) >= 11 is 0. The molecule has 0 radical (unpaired) electrons. The Morgan fingerprint density at radius 2 is 1.86 bits per heavy atom. The van der Waals surface area contributed by atoms with Gasteiger partial charge in [-0.3, -0.25) is 0 Å². The molecule has 3 heteroatoms. The molecule has 1 N–H and O–H groups in total. The molecule has 3 nitrogen and oxygen atoms in total. The molecular formula is C19H20N2O. The Kier molecular flexibility index (Phi) is 4.24. The fourth-order valence-corrected chi connectivity index (χ4v) is 2.69. The van der Waals surface area contributed by atoms with Crippen LogP contribution in [0.15, 0.2) is 60.8 Å². The summed E-state index contributed by atoms with van der Waals surface area (Å²) in [5, 5.41) is 9.66. The highest BCUT2D eigenvalue weighted by Gasteiger charge is 2.08. The Balaban J connectivity index is 1.74. The van der Waals surface area contributed by atoms with E-state index in [2.05, 4.69) is 40.0 Å². The summed E-state index contributed by atoms with van der Waals surface area (Å²) in [5.74, 6) is 1.19. The summed E-state index contributed by atoms with van der Waals surface area (Å²) in [6, 6.07) is 17.8. The number of hydrogen-bond acceptors (Lipinski definition) is 2. The number of aromatic hydroxyl groups is 1. The molecule has 0 unspecified atom stereocenters. The molecular weight excluding hydrogens is 272 g/mol. The molecule has 0 atom stereocenters. The monoisotopic (exact) mass is 292 g/mol. The molecule has 0 fully saturated rings. The van der Waals surface area contributed by atoms with Crippen molar-refractivity contribution in [2.24, 2.45) is 0 Å². The Bertz CT molecular complexity index is 747. The molecule has 2 aromatic carbocycles. The van der Waals surface area contributed by atoms with Crippen molar-refractivity contribution in [3.8, 4) is 17.1 Å². The van der Waals surface area contributed by atoms with E-state index in [1.165, 1.54) is 5.56 Å². The average molecular weight is 292 g/mol. The van der Waals surface area contributed by atoms with Gasteiger partial charge in [0.05, 0.1) is 5.69 Å². The number of benzene rings is 2. The molecule has 22 heavy (non-hydrogen) atoms. The summed E-state index contributed by atoms with van der Waals surface area (Å²) in [7, 11) is 0. The van der Waals surface area contributed by atoms with Crippen molar-refractivity contribution in [2.75, 3.05) is 0 Å². The van der Waals surface area contributed by atoms with Crippen LogP contribution in [-0.4, -0.2) is 14.7 Å². The van der Waals surface area contributed by atoms with E-state index >= 15 is 0 Å². The third-order valence-electron chi connectivity index (χ3n) is 3.71. The predicted octanol–water partition coefficient (Wildman–Crippen LogP) is 4.20. The van der Waals surface area contributed by atoms with Crippen LogP contribution in [0.5, 0.6) is 5.75 Å². The molecule has 0 spiro atoms. The molecule has 0 bridgehead atoms. The standard InChI is InChI=1S/C19H20N2O/c1-15-14-21(12-6-9-16-7-3-2-4-8-16)19(20-15)17-10-5-11-18(22)13-17/h2-5,7-8,10-11,13-14,22H,6,9,12H2,1H3. The molecule has 0 saturated heterocycles. The van der Waals surface area contributed by atoms with Crippen molar-refractivity contribution in [3.63, 3.8) is 0 Å². The zero-order valence-corrected chi connectivity index (χ0v) is 12.7. The average Bonchev–Trinajstić information content (AvgIpc) is 2.89. The van der Waals surface area contributed by atoms with Gasteiger partial charge in [-0.1, -0.05) is 42.5 Å². The lowest BCUT2D eigenvalue weighted by molar-refractivity contribution is 0.475. The third-order valence-corrected chi connectivity index (χ3v) is 3.71. The molecule has 0 saturated carbocycles. The first-order chi connectivity index (χ1) is 10.7. The smallest absolute Gasteiger partial charge is 0.140 e.